The molecule has 2 amide bonds. The van der Waals surface area contributed by atoms with E-state index in [-0.39, 0.29) is 18.4 Å². The predicted molar refractivity (Wildman–Crippen MR) is 117 cm³/mol. The topological polar surface area (TPSA) is 49.9 Å². The smallest absolute Gasteiger partial charge is 0.256 e. The molecule has 1 aromatic heterocycles. The van der Waals surface area contributed by atoms with E-state index >= 15 is 0 Å². The van der Waals surface area contributed by atoms with Crippen molar-refractivity contribution in [1.82, 2.24) is 9.80 Å². The summed E-state index contributed by atoms with van der Waals surface area (Å²) in [5.74, 6) is -0.0592. The quantitative estimate of drug-likeness (QED) is 0.767. The molecule has 6 heteroatoms. The van der Waals surface area contributed by atoms with E-state index in [1.54, 1.807) is 35.2 Å². The Labute approximate surface area is 177 Å². The summed E-state index contributed by atoms with van der Waals surface area (Å²) in [6.07, 6.45) is 0.433. The van der Waals surface area contributed by atoms with Crippen molar-refractivity contribution in [3.63, 3.8) is 0 Å². The number of carbonyl (C=O) groups excluding carboxylic acids is 2. The lowest BCUT2D eigenvalue weighted by Gasteiger charge is -2.44. The van der Waals surface area contributed by atoms with Crippen molar-refractivity contribution >= 4 is 23.2 Å². The number of benzene rings is 1. The standard InChI is InChI=1S/C23H30N2O3S/c1-22(2,3)20(26)25-12-13-28-23(16-25,21(27)24(4)5)15-17-8-10-18(11-9-17)19-7-6-14-29-19/h6-11,14H,12-13,15-16H2,1-5H3/t23-/m1/s1. The molecule has 1 atom stereocenters. The minimum absolute atomic E-state index is 0.0461. The largest absolute Gasteiger partial charge is 0.361 e. The van der Waals surface area contributed by atoms with Crippen molar-refractivity contribution in [2.45, 2.75) is 32.8 Å². The third-order valence-electron chi connectivity index (χ3n) is 5.16. The van der Waals surface area contributed by atoms with Gasteiger partial charge >= 0.3 is 0 Å². The minimum Gasteiger partial charge on any atom is -0.361 e. The van der Waals surface area contributed by atoms with Gasteiger partial charge in [-0.25, -0.2) is 0 Å². The molecule has 2 aromatic rings. The van der Waals surface area contributed by atoms with Gasteiger partial charge in [-0.1, -0.05) is 51.1 Å². The fourth-order valence-electron chi connectivity index (χ4n) is 3.71. The number of hydrogen-bond donors (Lipinski definition) is 0. The van der Waals surface area contributed by atoms with Gasteiger partial charge in [-0.2, -0.15) is 0 Å². The molecule has 1 saturated heterocycles. The van der Waals surface area contributed by atoms with Gasteiger partial charge in [0.25, 0.3) is 5.91 Å². The molecular weight excluding hydrogens is 384 g/mol. The molecule has 3 rings (SSSR count). The Hall–Kier alpha value is -2.18. The van der Waals surface area contributed by atoms with Gasteiger partial charge in [0, 0.05) is 37.4 Å². The molecule has 1 aliphatic heterocycles. The summed E-state index contributed by atoms with van der Waals surface area (Å²) in [5, 5.41) is 2.06. The number of ether oxygens (including phenoxy) is 1. The minimum atomic E-state index is -1.06. The van der Waals surface area contributed by atoms with Gasteiger partial charge in [0.2, 0.25) is 5.91 Å². The molecule has 0 N–H and O–H groups in total. The van der Waals surface area contributed by atoms with E-state index in [4.69, 9.17) is 4.74 Å². The average molecular weight is 415 g/mol. The average Bonchev–Trinajstić information content (AvgIpc) is 3.21. The molecule has 2 heterocycles. The third kappa shape index (κ3) is 4.70. The number of thiophene rings is 1. The Kier molecular flexibility index (Phi) is 6.15. The van der Waals surface area contributed by atoms with Crippen molar-refractivity contribution in [3.05, 3.63) is 47.3 Å². The van der Waals surface area contributed by atoms with E-state index in [1.165, 1.54) is 4.88 Å². The van der Waals surface area contributed by atoms with E-state index in [2.05, 4.69) is 23.6 Å². The number of likely N-dealkylation sites (N-methyl/N-ethyl adjacent to an activating group) is 1. The lowest BCUT2D eigenvalue weighted by atomic mass is 9.88. The van der Waals surface area contributed by atoms with Gasteiger partial charge in [-0.15, -0.1) is 11.3 Å². The number of nitrogens with zero attached hydrogens (tertiary/aromatic N) is 2. The first-order valence-electron chi connectivity index (χ1n) is 9.90. The predicted octanol–water partition coefficient (Wildman–Crippen LogP) is 3.69. The molecule has 0 saturated carbocycles. The zero-order valence-corrected chi connectivity index (χ0v) is 18.7. The first kappa shape index (κ1) is 21.5. The molecule has 5 nitrogen and oxygen atoms in total. The number of hydrogen-bond acceptors (Lipinski definition) is 4. The van der Waals surface area contributed by atoms with Gasteiger partial charge in [-0.05, 0) is 22.6 Å². The number of carbonyl (C=O) groups is 2. The maximum atomic E-state index is 13.2. The summed E-state index contributed by atoms with van der Waals surface area (Å²) < 4.78 is 6.11. The molecular formula is C23H30N2O3S. The molecule has 1 aromatic carbocycles. The van der Waals surface area contributed by atoms with Crippen LogP contribution in [0.4, 0.5) is 0 Å². The molecule has 29 heavy (non-hydrogen) atoms. The lowest BCUT2D eigenvalue weighted by Crippen LogP contribution is -2.62. The lowest BCUT2D eigenvalue weighted by molar-refractivity contribution is -0.175. The van der Waals surface area contributed by atoms with Crippen molar-refractivity contribution < 1.29 is 14.3 Å². The van der Waals surface area contributed by atoms with E-state index in [0.717, 1.165) is 11.1 Å². The van der Waals surface area contributed by atoms with E-state index in [1.807, 2.05) is 39.0 Å². The van der Waals surface area contributed by atoms with Crippen LogP contribution in [0.25, 0.3) is 10.4 Å². The Morgan fingerprint density at radius 3 is 2.41 bits per heavy atom. The summed E-state index contributed by atoms with van der Waals surface area (Å²) in [7, 11) is 3.47. The second kappa shape index (κ2) is 8.28. The highest BCUT2D eigenvalue weighted by molar-refractivity contribution is 7.13. The molecule has 0 aliphatic carbocycles. The molecule has 1 fully saturated rings. The highest BCUT2D eigenvalue weighted by Crippen LogP contribution is 2.30. The van der Waals surface area contributed by atoms with Crippen LogP contribution in [0.2, 0.25) is 0 Å². The van der Waals surface area contributed by atoms with Crippen molar-refractivity contribution in [1.29, 1.82) is 0 Å². The Balaban J connectivity index is 1.87. The van der Waals surface area contributed by atoms with Crippen LogP contribution in [-0.2, 0) is 20.7 Å². The summed E-state index contributed by atoms with van der Waals surface area (Å²) in [6.45, 7) is 6.86. The van der Waals surface area contributed by atoms with Crippen LogP contribution in [0, 0.1) is 5.41 Å². The number of morpholine rings is 1. The Bertz CT molecular complexity index is 853. The molecule has 0 radical (unpaired) electrons. The fourth-order valence-corrected chi connectivity index (χ4v) is 4.44. The van der Waals surface area contributed by atoms with Crippen LogP contribution in [0.15, 0.2) is 41.8 Å². The normalized spacial score (nSPS) is 19.8. The Morgan fingerprint density at radius 2 is 1.86 bits per heavy atom. The van der Waals surface area contributed by atoms with Crippen LogP contribution in [0.5, 0.6) is 0 Å². The SMILES string of the molecule is CN(C)C(=O)[C@@]1(Cc2ccc(-c3cccs3)cc2)CN(C(=O)C(C)(C)C)CCO1. The molecule has 0 unspecified atom stereocenters. The van der Waals surface area contributed by atoms with Crippen LogP contribution < -0.4 is 0 Å². The van der Waals surface area contributed by atoms with Gasteiger partial charge in [-0.3, -0.25) is 9.59 Å². The van der Waals surface area contributed by atoms with Crippen LogP contribution in [-0.4, -0.2) is 61.0 Å². The highest BCUT2D eigenvalue weighted by Gasteiger charge is 2.47. The van der Waals surface area contributed by atoms with E-state index in [9.17, 15) is 9.59 Å². The van der Waals surface area contributed by atoms with Gasteiger partial charge in [0.1, 0.15) is 0 Å². The molecule has 156 valence electrons. The monoisotopic (exact) mass is 414 g/mol. The summed E-state index contributed by atoms with van der Waals surface area (Å²) in [4.78, 5) is 30.6. The summed E-state index contributed by atoms with van der Waals surface area (Å²) in [5.41, 5.74) is 0.621. The second-order valence-corrected chi connectivity index (χ2v) is 9.82. The zero-order valence-electron chi connectivity index (χ0n) is 17.9. The second-order valence-electron chi connectivity index (χ2n) is 8.87. The molecule has 1 aliphatic rings. The number of amides is 2. The van der Waals surface area contributed by atoms with Crippen LogP contribution in [0.3, 0.4) is 0 Å². The van der Waals surface area contributed by atoms with Crippen LogP contribution >= 0.6 is 11.3 Å². The van der Waals surface area contributed by atoms with E-state index < -0.39 is 11.0 Å². The Morgan fingerprint density at radius 1 is 1.17 bits per heavy atom. The van der Waals surface area contributed by atoms with Gasteiger partial charge < -0.3 is 14.5 Å². The summed E-state index contributed by atoms with van der Waals surface area (Å²) in [6, 6.07) is 12.4. The highest BCUT2D eigenvalue weighted by atomic mass is 32.1. The third-order valence-corrected chi connectivity index (χ3v) is 6.08. The van der Waals surface area contributed by atoms with Crippen molar-refractivity contribution in [2.24, 2.45) is 5.41 Å². The first-order valence-corrected chi connectivity index (χ1v) is 10.8. The number of rotatable bonds is 4. The first-order chi connectivity index (χ1) is 13.6. The van der Waals surface area contributed by atoms with Crippen molar-refractivity contribution in [2.75, 3.05) is 33.8 Å². The molecule has 0 spiro atoms. The van der Waals surface area contributed by atoms with Gasteiger partial charge in [0.15, 0.2) is 5.60 Å². The zero-order chi connectivity index (χ0) is 21.2. The van der Waals surface area contributed by atoms with E-state index in [0.29, 0.717) is 19.6 Å². The van der Waals surface area contributed by atoms with Gasteiger partial charge in [0.05, 0.1) is 13.2 Å². The fraction of sp³-hybridized carbons (Fsp3) is 0.478. The molecule has 0 bridgehead atoms. The maximum Gasteiger partial charge on any atom is 0.256 e. The maximum absolute atomic E-state index is 13.2. The van der Waals surface area contributed by atoms with Crippen molar-refractivity contribution in [3.8, 4) is 10.4 Å². The summed E-state index contributed by atoms with van der Waals surface area (Å²) >= 11 is 1.70. The van der Waals surface area contributed by atoms with Crippen LogP contribution in [0.1, 0.15) is 26.3 Å².